The van der Waals surface area contributed by atoms with Crippen LogP contribution >= 0.6 is 12.2 Å². The normalized spacial score (nSPS) is 11.3. The maximum Gasteiger partial charge on any atom is 0.257 e. The lowest BCUT2D eigenvalue weighted by Gasteiger charge is -2.13. The first-order valence-corrected chi connectivity index (χ1v) is 8.59. The number of carbonyl (C=O) groups excluding carboxylic acids is 2. The third kappa shape index (κ3) is 5.29. The summed E-state index contributed by atoms with van der Waals surface area (Å²) in [6.45, 7) is 4.02. The van der Waals surface area contributed by atoms with Gasteiger partial charge in [-0.15, -0.1) is 0 Å². The summed E-state index contributed by atoms with van der Waals surface area (Å²) in [7, 11) is 0. The Balaban J connectivity index is 1.99. The molecule has 0 saturated carbocycles. The van der Waals surface area contributed by atoms with Crippen molar-refractivity contribution in [2.24, 2.45) is 5.73 Å². The van der Waals surface area contributed by atoms with Gasteiger partial charge in [0.1, 0.15) is 5.75 Å². The quantitative estimate of drug-likeness (QED) is 0.679. The number of rotatable bonds is 6. The number of hydrogen-bond donors (Lipinski definition) is 3. The van der Waals surface area contributed by atoms with Gasteiger partial charge in [0.15, 0.2) is 5.11 Å². The molecule has 0 bridgehead atoms. The van der Waals surface area contributed by atoms with E-state index in [0.29, 0.717) is 17.0 Å². The molecule has 0 aromatic heterocycles. The maximum absolute atomic E-state index is 12.3. The summed E-state index contributed by atoms with van der Waals surface area (Å²) in [4.78, 5) is 23.7. The van der Waals surface area contributed by atoms with Crippen LogP contribution in [0.4, 0.5) is 5.69 Å². The standard InChI is InChI=1S/C19H21N3O3S/c1-3-12(2)25-14-10-8-13(9-11-14)18(24)22-19(26)21-16-7-5-4-6-15(16)17(20)23/h4-12H,3H2,1-2H3,(H2,20,23)(H2,21,22,24,26)/t12-/m0/s1. The topological polar surface area (TPSA) is 93.4 Å². The van der Waals surface area contributed by atoms with E-state index in [2.05, 4.69) is 10.6 Å². The Bertz CT molecular complexity index is 806. The molecule has 26 heavy (non-hydrogen) atoms. The Hall–Kier alpha value is -2.93. The lowest BCUT2D eigenvalue weighted by molar-refractivity contribution is 0.0975. The van der Waals surface area contributed by atoms with Gasteiger partial charge in [-0.25, -0.2) is 0 Å². The summed E-state index contributed by atoms with van der Waals surface area (Å²) in [5.74, 6) is -0.250. The minimum Gasteiger partial charge on any atom is -0.491 e. The first kappa shape index (κ1) is 19.4. The second kappa shape index (κ2) is 8.96. The van der Waals surface area contributed by atoms with Crippen LogP contribution in [-0.2, 0) is 0 Å². The molecule has 0 unspecified atom stereocenters. The number of para-hydroxylation sites is 1. The molecule has 1 atom stereocenters. The van der Waals surface area contributed by atoms with Crippen LogP contribution in [0.3, 0.4) is 0 Å². The van der Waals surface area contributed by atoms with Crippen LogP contribution in [0.25, 0.3) is 0 Å². The lowest BCUT2D eigenvalue weighted by Crippen LogP contribution is -2.34. The predicted octanol–water partition coefficient (Wildman–Crippen LogP) is 3.09. The van der Waals surface area contributed by atoms with Crippen LogP contribution in [0, 0.1) is 0 Å². The third-order valence-corrected chi connectivity index (χ3v) is 3.90. The van der Waals surface area contributed by atoms with Crippen molar-refractivity contribution in [2.75, 3.05) is 5.32 Å². The Morgan fingerprint density at radius 3 is 2.42 bits per heavy atom. The highest BCUT2D eigenvalue weighted by Crippen LogP contribution is 2.16. The van der Waals surface area contributed by atoms with E-state index in [9.17, 15) is 9.59 Å². The number of benzene rings is 2. The SMILES string of the molecule is CC[C@H](C)Oc1ccc(C(=O)NC(=S)Nc2ccccc2C(N)=O)cc1. The van der Waals surface area contributed by atoms with Crippen molar-refractivity contribution in [2.45, 2.75) is 26.4 Å². The third-order valence-electron chi connectivity index (χ3n) is 3.70. The van der Waals surface area contributed by atoms with Gasteiger partial charge in [0.25, 0.3) is 11.8 Å². The number of primary amides is 1. The van der Waals surface area contributed by atoms with Crippen molar-refractivity contribution in [1.82, 2.24) is 5.32 Å². The van der Waals surface area contributed by atoms with Gasteiger partial charge < -0.3 is 15.8 Å². The molecule has 4 N–H and O–H groups in total. The molecule has 2 aromatic carbocycles. The zero-order valence-electron chi connectivity index (χ0n) is 14.6. The zero-order chi connectivity index (χ0) is 19.1. The molecule has 136 valence electrons. The average molecular weight is 371 g/mol. The van der Waals surface area contributed by atoms with Crippen molar-refractivity contribution >= 4 is 34.8 Å². The van der Waals surface area contributed by atoms with E-state index in [1.165, 1.54) is 0 Å². The summed E-state index contributed by atoms with van der Waals surface area (Å²) in [5, 5.41) is 5.46. The molecule has 0 heterocycles. The van der Waals surface area contributed by atoms with Gasteiger partial charge in [-0.1, -0.05) is 19.1 Å². The highest BCUT2D eigenvalue weighted by atomic mass is 32.1. The molecular formula is C19H21N3O3S. The molecule has 2 rings (SSSR count). The average Bonchev–Trinajstić information content (AvgIpc) is 2.62. The molecular weight excluding hydrogens is 350 g/mol. The number of ether oxygens (including phenoxy) is 1. The van der Waals surface area contributed by atoms with Crippen molar-refractivity contribution in [3.63, 3.8) is 0 Å². The fraction of sp³-hybridized carbons (Fsp3) is 0.211. The van der Waals surface area contributed by atoms with Crippen LogP contribution in [0.15, 0.2) is 48.5 Å². The first-order valence-electron chi connectivity index (χ1n) is 8.18. The Morgan fingerprint density at radius 1 is 1.15 bits per heavy atom. The molecule has 0 aliphatic carbocycles. The number of anilines is 1. The van der Waals surface area contributed by atoms with E-state index in [0.717, 1.165) is 6.42 Å². The predicted molar refractivity (Wildman–Crippen MR) is 105 cm³/mol. The van der Waals surface area contributed by atoms with Crippen LogP contribution in [-0.4, -0.2) is 23.0 Å². The van der Waals surface area contributed by atoms with Gasteiger partial charge in [0, 0.05) is 5.56 Å². The second-order valence-corrected chi connectivity index (χ2v) is 6.09. The number of amides is 2. The van der Waals surface area contributed by atoms with Crippen LogP contribution in [0.5, 0.6) is 5.75 Å². The fourth-order valence-corrected chi connectivity index (χ4v) is 2.34. The molecule has 0 spiro atoms. The van der Waals surface area contributed by atoms with Gasteiger partial charge in [-0.3, -0.25) is 14.9 Å². The number of nitrogens with two attached hydrogens (primary N) is 1. The summed E-state index contributed by atoms with van der Waals surface area (Å²) in [6.07, 6.45) is 1.01. The van der Waals surface area contributed by atoms with Crippen molar-refractivity contribution in [3.05, 3.63) is 59.7 Å². The van der Waals surface area contributed by atoms with Gasteiger partial charge in [-0.05, 0) is 62.0 Å². The fourth-order valence-electron chi connectivity index (χ4n) is 2.14. The van der Waals surface area contributed by atoms with Gasteiger partial charge in [-0.2, -0.15) is 0 Å². The van der Waals surface area contributed by atoms with Gasteiger partial charge in [0.2, 0.25) is 0 Å². The summed E-state index contributed by atoms with van der Waals surface area (Å²) in [5.41, 5.74) is 6.48. The van der Waals surface area contributed by atoms with Gasteiger partial charge in [0.05, 0.1) is 17.4 Å². The van der Waals surface area contributed by atoms with Crippen molar-refractivity contribution in [3.8, 4) is 5.75 Å². The summed E-state index contributed by atoms with van der Waals surface area (Å²) < 4.78 is 5.68. The molecule has 0 aliphatic heterocycles. The van der Waals surface area contributed by atoms with E-state index < -0.39 is 5.91 Å². The van der Waals surface area contributed by atoms with E-state index >= 15 is 0 Å². The van der Waals surface area contributed by atoms with E-state index in [1.54, 1.807) is 48.5 Å². The highest BCUT2D eigenvalue weighted by molar-refractivity contribution is 7.80. The maximum atomic E-state index is 12.3. The largest absolute Gasteiger partial charge is 0.491 e. The molecule has 0 aliphatic rings. The van der Waals surface area contributed by atoms with E-state index in [-0.39, 0.29) is 22.7 Å². The first-order chi connectivity index (χ1) is 12.4. The number of hydrogen-bond acceptors (Lipinski definition) is 4. The molecule has 0 fully saturated rings. The molecule has 0 radical (unpaired) electrons. The number of nitrogens with one attached hydrogen (secondary N) is 2. The number of carbonyl (C=O) groups is 2. The van der Waals surface area contributed by atoms with Gasteiger partial charge >= 0.3 is 0 Å². The molecule has 6 nitrogen and oxygen atoms in total. The van der Waals surface area contributed by atoms with Crippen LogP contribution in [0.1, 0.15) is 41.0 Å². The Morgan fingerprint density at radius 2 is 1.81 bits per heavy atom. The molecule has 2 aromatic rings. The molecule has 7 heteroatoms. The minimum absolute atomic E-state index is 0.0728. The molecule has 0 saturated heterocycles. The summed E-state index contributed by atoms with van der Waals surface area (Å²) >= 11 is 5.14. The van der Waals surface area contributed by atoms with Crippen molar-refractivity contribution < 1.29 is 14.3 Å². The Labute approximate surface area is 157 Å². The lowest BCUT2D eigenvalue weighted by atomic mass is 10.1. The number of thiocarbonyl (C=S) groups is 1. The monoisotopic (exact) mass is 371 g/mol. The Kier molecular flexibility index (Phi) is 6.68. The molecule has 2 amide bonds. The second-order valence-electron chi connectivity index (χ2n) is 5.68. The van der Waals surface area contributed by atoms with E-state index in [1.807, 2.05) is 13.8 Å². The smallest absolute Gasteiger partial charge is 0.257 e. The van der Waals surface area contributed by atoms with Crippen molar-refractivity contribution in [1.29, 1.82) is 0 Å². The highest BCUT2D eigenvalue weighted by Gasteiger charge is 2.12. The minimum atomic E-state index is -0.584. The van der Waals surface area contributed by atoms with E-state index in [4.69, 9.17) is 22.7 Å². The van der Waals surface area contributed by atoms with Crippen LogP contribution in [0.2, 0.25) is 0 Å². The summed E-state index contributed by atoms with van der Waals surface area (Å²) in [6, 6.07) is 13.4. The van der Waals surface area contributed by atoms with Crippen LogP contribution < -0.4 is 21.1 Å². The zero-order valence-corrected chi connectivity index (χ0v) is 15.4.